The first-order valence-electron chi connectivity index (χ1n) is 30.3. The van der Waals surface area contributed by atoms with Gasteiger partial charge in [-0.15, -0.1) is 35.3 Å². The van der Waals surface area contributed by atoms with E-state index in [0.717, 1.165) is 52.3 Å². The molecular formula is C66H67ClFN9O15S6. The molecule has 0 radical (unpaired) electrons. The Labute approximate surface area is 582 Å². The van der Waals surface area contributed by atoms with Crippen molar-refractivity contribution in [3.8, 4) is 17.2 Å². The first-order valence-corrected chi connectivity index (χ1v) is 37.9. The van der Waals surface area contributed by atoms with Crippen LogP contribution < -0.4 is 28.9 Å². The second kappa shape index (κ2) is 31.9. The number of anilines is 6. The zero-order valence-corrected chi connectivity index (χ0v) is 57.7. The van der Waals surface area contributed by atoms with Crippen molar-refractivity contribution in [1.82, 2.24) is 12.9 Å². The largest absolute Gasteiger partial charge is 0.506 e. The molecule has 0 bridgehead atoms. The molecule has 0 atom stereocenters. The van der Waals surface area contributed by atoms with E-state index in [9.17, 15) is 59.3 Å². The lowest BCUT2D eigenvalue weighted by atomic mass is 10.1. The fraction of sp³-hybridized carbons (Fsp3) is 0.227. The van der Waals surface area contributed by atoms with Crippen molar-refractivity contribution in [3.63, 3.8) is 0 Å². The summed E-state index contributed by atoms with van der Waals surface area (Å²) in [5.41, 5.74) is 3.72. The number of hydrogen-bond donors (Lipinski definition) is 9. The third kappa shape index (κ3) is 18.0. The number of thioether (sulfide) groups is 3. The van der Waals surface area contributed by atoms with Crippen molar-refractivity contribution in [2.45, 2.75) is 14.7 Å². The molecule has 98 heavy (non-hydrogen) atoms. The molecule has 9 aromatic rings. The summed E-state index contributed by atoms with van der Waals surface area (Å²) in [6.07, 6.45) is 0. The van der Waals surface area contributed by atoms with Gasteiger partial charge in [0.25, 0.3) is 0 Å². The number of nitrogens with zero attached hydrogens (tertiary/aromatic N) is 6. The van der Waals surface area contributed by atoms with E-state index in [1.807, 2.05) is 47.4 Å². The minimum absolute atomic E-state index is 0.0636. The molecular weight excluding hydrogens is 1410 g/mol. The van der Waals surface area contributed by atoms with Crippen LogP contribution in [0.4, 0.5) is 38.5 Å². The summed E-state index contributed by atoms with van der Waals surface area (Å²) in [6.45, 7) is 4.84. The molecule has 0 aliphatic carbocycles. The van der Waals surface area contributed by atoms with Crippen molar-refractivity contribution in [1.29, 1.82) is 0 Å². The molecule has 9 aromatic carbocycles. The van der Waals surface area contributed by atoms with Crippen LogP contribution in [-0.4, -0.2) is 183 Å². The number of fused-ring (bicyclic) bond motifs is 3. The molecule has 12 rings (SSSR count). The molecule has 3 saturated heterocycles. The van der Waals surface area contributed by atoms with E-state index in [1.54, 1.807) is 97.1 Å². The van der Waals surface area contributed by atoms with Crippen molar-refractivity contribution in [3.05, 3.63) is 181 Å². The van der Waals surface area contributed by atoms with Crippen LogP contribution in [-0.2, 0) is 45.0 Å². The second-order valence-corrected chi connectivity index (χ2v) is 30.8. The third-order valence-electron chi connectivity index (χ3n) is 16.0. The van der Waals surface area contributed by atoms with Crippen LogP contribution in [0, 0.1) is 5.82 Å². The van der Waals surface area contributed by atoms with Gasteiger partial charge in [0.15, 0.2) is 0 Å². The highest BCUT2D eigenvalue weighted by atomic mass is 35.5. The number of phenolic OH excluding ortho intramolecular Hbond substituents is 3. The van der Waals surface area contributed by atoms with Crippen LogP contribution in [0.25, 0.3) is 32.3 Å². The van der Waals surface area contributed by atoms with Crippen LogP contribution in [0.5, 0.6) is 17.2 Å². The molecule has 3 aliphatic rings. The third-order valence-corrected chi connectivity index (χ3v) is 23.8. The summed E-state index contributed by atoms with van der Waals surface area (Å²) in [5.74, 6) is -4.45. The van der Waals surface area contributed by atoms with Gasteiger partial charge in [0.2, 0.25) is 0 Å². The number of nitrogens with one attached hydrogen (secondary N) is 3. The van der Waals surface area contributed by atoms with Gasteiger partial charge in [0, 0.05) is 133 Å². The minimum atomic E-state index is -3.91. The number of carboxylic acids is 3. The standard InChI is InChI=1S/C22H22ClN3O5S2.C22H22FN3O5S2.C22H23N3O5S2/c2*23-15-5-7-16(8-6-15)25-9-11-26(12-10-25)33(30,31)24-19-13-20(32-14-21(27)28)22(29)18-4-2-1-3-17(18)19;26-21(27)15-31-20-14-19(17-8-4-5-9-18(17)22(20)28)23-32(29,30)25-12-10-24(11-13-25)16-6-2-1-3-7-16/h2*1-8,13,24,29H,9-12,14H2,(H,27,28);1-9,14,23,28H,10-13,15H2,(H,26,27). The smallest absolute Gasteiger partial charge is 0.313 e. The van der Waals surface area contributed by atoms with E-state index in [1.165, 1.54) is 43.2 Å². The fourth-order valence-corrected chi connectivity index (χ4v) is 17.1. The molecule has 32 heteroatoms. The van der Waals surface area contributed by atoms with Crippen LogP contribution in [0.15, 0.2) is 185 Å². The van der Waals surface area contributed by atoms with Gasteiger partial charge in [-0.25, -0.2) is 4.39 Å². The lowest BCUT2D eigenvalue weighted by molar-refractivity contribution is -0.134. The number of aliphatic carboxylic acids is 3. The number of halogens is 2. The molecule has 3 heterocycles. The Morgan fingerprint density at radius 2 is 0.633 bits per heavy atom. The monoisotopic (exact) mass is 1470 g/mol. The lowest BCUT2D eigenvalue weighted by Crippen LogP contribution is -2.50. The van der Waals surface area contributed by atoms with Gasteiger partial charge in [-0.05, 0) is 78.9 Å². The predicted molar refractivity (Wildman–Crippen MR) is 385 cm³/mol. The SMILES string of the molecule is O=C(O)CSc1cc(NS(=O)(=O)N2CCN(c3ccc(Cl)cc3)CC2)c2ccccc2c1O.O=C(O)CSc1cc(NS(=O)(=O)N2CCN(c3ccc(F)cc3)CC2)c2ccccc2c1O.O=C(O)CSc1cc(NS(=O)(=O)N2CCN(c3ccccc3)CC2)c2ccccc2c1O. The van der Waals surface area contributed by atoms with E-state index in [2.05, 4.69) is 24.0 Å². The number of aromatic hydroxyl groups is 3. The summed E-state index contributed by atoms with van der Waals surface area (Å²) < 4.78 is 104. The molecule has 516 valence electrons. The summed E-state index contributed by atoms with van der Waals surface area (Å²) in [5, 5.41) is 62.2. The molecule has 24 nitrogen and oxygen atoms in total. The number of carbonyl (C=O) groups is 3. The summed E-state index contributed by atoms with van der Waals surface area (Å²) >= 11 is 8.73. The van der Waals surface area contributed by atoms with Gasteiger partial charge in [-0.2, -0.15) is 38.2 Å². The molecule has 3 fully saturated rings. The average molecular weight is 1470 g/mol. The molecule has 0 aromatic heterocycles. The molecule has 0 unspecified atom stereocenters. The summed E-state index contributed by atoms with van der Waals surface area (Å²) in [4.78, 5) is 40.0. The van der Waals surface area contributed by atoms with E-state index >= 15 is 0 Å². The van der Waals surface area contributed by atoms with Gasteiger partial charge in [-0.3, -0.25) is 28.5 Å². The van der Waals surface area contributed by atoms with Gasteiger partial charge in [0.1, 0.15) is 23.1 Å². The number of piperazine rings is 3. The first kappa shape index (κ1) is 72.1. The zero-order valence-electron chi connectivity index (χ0n) is 52.0. The Morgan fingerprint density at radius 1 is 0.378 bits per heavy atom. The number of phenols is 3. The summed E-state index contributed by atoms with van der Waals surface area (Å²) in [6, 6.07) is 48.2. The van der Waals surface area contributed by atoms with Gasteiger partial charge >= 0.3 is 48.5 Å². The quantitative estimate of drug-likeness (QED) is 0.0238. The van der Waals surface area contributed by atoms with Crippen molar-refractivity contribution in [2.75, 3.05) is 125 Å². The van der Waals surface area contributed by atoms with Crippen LogP contribution >= 0.6 is 46.9 Å². The van der Waals surface area contributed by atoms with E-state index < -0.39 is 48.5 Å². The van der Waals surface area contributed by atoms with Crippen LogP contribution in [0.3, 0.4) is 0 Å². The van der Waals surface area contributed by atoms with Crippen molar-refractivity contribution in [2.24, 2.45) is 0 Å². The zero-order chi connectivity index (χ0) is 69.9. The highest BCUT2D eigenvalue weighted by Crippen LogP contribution is 2.43. The number of carboxylic acid groups (broad SMARTS) is 3. The number of benzene rings is 9. The van der Waals surface area contributed by atoms with Crippen molar-refractivity contribution < 1.29 is 74.7 Å². The minimum Gasteiger partial charge on any atom is -0.506 e. The Kier molecular flexibility index (Phi) is 23.5. The van der Waals surface area contributed by atoms with E-state index in [4.69, 9.17) is 26.9 Å². The number of para-hydroxylation sites is 1. The van der Waals surface area contributed by atoms with Gasteiger partial charge in [-0.1, -0.05) is 103 Å². The van der Waals surface area contributed by atoms with Crippen molar-refractivity contribution >= 4 is 162 Å². The Morgan fingerprint density at radius 3 is 0.918 bits per heavy atom. The first-order chi connectivity index (χ1) is 46.8. The Balaban J connectivity index is 0.000000159. The summed E-state index contributed by atoms with van der Waals surface area (Å²) in [7, 11) is -11.6. The second-order valence-electron chi connectivity index (χ2n) is 22.3. The van der Waals surface area contributed by atoms with Crippen LogP contribution in [0.2, 0.25) is 5.02 Å². The average Bonchev–Trinajstić information content (AvgIpc) is 0.788. The maximum atomic E-state index is 13.2. The molecule has 0 saturated carbocycles. The maximum Gasteiger partial charge on any atom is 0.313 e. The van der Waals surface area contributed by atoms with Gasteiger partial charge < -0.3 is 45.3 Å². The predicted octanol–water partition coefficient (Wildman–Crippen LogP) is 10.4. The molecule has 3 aliphatic heterocycles. The lowest BCUT2D eigenvalue weighted by Gasteiger charge is -2.35. The molecule has 0 spiro atoms. The van der Waals surface area contributed by atoms with Crippen LogP contribution in [0.1, 0.15) is 0 Å². The topological polar surface area (TPSA) is 331 Å². The highest BCUT2D eigenvalue weighted by Gasteiger charge is 2.32. The molecule has 0 amide bonds. The molecule has 9 N–H and O–H groups in total. The van der Waals surface area contributed by atoms with E-state index in [-0.39, 0.29) is 69.7 Å². The van der Waals surface area contributed by atoms with E-state index in [0.29, 0.717) is 118 Å². The number of rotatable bonds is 21. The fourth-order valence-electron chi connectivity index (χ4n) is 11.1. The Hall–Kier alpha value is -8.63. The van der Waals surface area contributed by atoms with Gasteiger partial charge in [0.05, 0.1) is 49.0 Å². The Bertz CT molecular complexity index is 4530. The normalized spacial score (nSPS) is 15.0. The highest BCUT2D eigenvalue weighted by molar-refractivity contribution is 8.00. The maximum absolute atomic E-state index is 13.2. The number of hydrogen-bond acceptors (Lipinski definition) is 18.